The molecule has 0 N–H and O–H groups in total. The summed E-state index contributed by atoms with van der Waals surface area (Å²) in [5, 5.41) is 2.65. The van der Waals surface area contributed by atoms with Gasteiger partial charge in [0.05, 0.1) is 6.10 Å². The van der Waals surface area contributed by atoms with Crippen LogP contribution in [0.2, 0.25) is 0 Å². The molecule has 0 saturated heterocycles. The van der Waals surface area contributed by atoms with E-state index in [0.717, 1.165) is 0 Å². The van der Waals surface area contributed by atoms with Crippen LogP contribution in [0.3, 0.4) is 0 Å². The van der Waals surface area contributed by atoms with Gasteiger partial charge in [0, 0.05) is 0 Å². The fraction of sp³-hybridized carbons (Fsp3) is 0.182. The van der Waals surface area contributed by atoms with Crippen LogP contribution in [-0.4, -0.2) is 9.04 Å². The van der Waals surface area contributed by atoms with Crippen LogP contribution in [0.25, 0.3) is 0 Å². The third-order valence-electron chi connectivity index (χ3n) is 4.22. The Morgan fingerprint density at radius 1 is 0.625 bits per heavy atom. The van der Waals surface area contributed by atoms with Crippen molar-refractivity contribution in [3.05, 3.63) is 96.6 Å². The first-order valence-corrected chi connectivity index (χ1v) is 10.2. The normalized spacial score (nSPS) is 12.5. The maximum absolute atomic E-state index is 6.81. The van der Waals surface area contributed by atoms with E-state index >= 15 is 0 Å². The molecule has 122 valence electrons. The van der Waals surface area contributed by atoms with Gasteiger partial charge in [0.2, 0.25) is 9.04 Å². The van der Waals surface area contributed by atoms with E-state index in [1.165, 1.54) is 15.9 Å². The third kappa shape index (κ3) is 4.02. The molecule has 0 aromatic heterocycles. The first-order valence-electron chi connectivity index (χ1n) is 8.56. The Labute approximate surface area is 146 Å². The summed E-state index contributed by atoms with van der Waals surface area (Å²) < 4.78 is 6.81. The second kappa shape index (κ2) is 8.09. The minimum absolute atomic E-state index is 0.114. The Bertz CT molecular complexity index is 686. The lowest BCUT2D eigenvalue weighted by atomic mass is 9.99. The molecular formula is C22H24OSi. The topological polar surface area (TPSA) is 9.23 Å². The minimum Gasteiger partial charge on any atom is -0.404 e. The van der Waals surface area contributed by atoms with Gasteiger partial charge in [-0.2, -0.15) is 0 Å². The van der Waals surface area contributed by atoms with Gasteiger partial charge in [0.1, 0.15) is 0 Å². The molecule has 1 unspecified atom stereocenters. The molecule has 0 aliphatic heterocycles. The van der Waals surface area contributed by atoms with Crippen molar-refractivity contribution >= 4 is 19.4 Å². The smallest absolute Gasteiger partial charge is 0.240 e. The van der Waals surface area contributed by atoms with Gasteiger partial charge in [-0.1, -0.05) is 105 Å². The van der Waals surface area contributed by atoms with E-state index in [-0.39, 0.29) is 6.10 Å². The molecule has 0 amide bonds. The molecule has 0 radical (unpaired) electrons. The van der Waals surface area contributed by atoms with E-state index in [9.17, 15) is 0 Å². The fourth-order valence-electron chi connectivity index (χ4n) is 3.02. The molecule has 0 aliphatic rings. The number of benzene rings is 3. The summed E-state index contributed by atoms with van der Waals surface area (Å²) in [4.78, 5) is 0. The molecule has 1 atom stereocenters. The van der Waals surface area contributed by atoms with Crippen LogP contribution >= 0.6 is 0 Å². The Hall–Kier alpha value is -2.16. The Balaban J connectivity index is 1.96. The van der Waals surface area contributed by atoms with Crippen molar-refractivity contribution in [3.8, 4) is 0 Å². The van der Waals surface area contributed by atoms with E-state index in [1.807, 2.05) is 0 Å². The largest absolute Gasteiger partial charge is 0.404 e. The molecule has 1 nitrogen and oxygen atoms in total. The molecule has 3 aromatic rings. The van der Waals surface area contributed by atoms with Gasteiger partial charge in [-0.3, -0.25) is 0 Å². The monoisotopic (exact) mass is 332 g/mol. The summed E-state index contributed by atoms with van der Waals surface area (Å²) in [6.45, 7) is 4.47. The summed E-state index contributed by atoms with van der Waals surface area (Å²) in [7, 11) is -1.73. The Kier molecular flexibility index (Phi) is 5.62. The number of hydrogen-bond donors (Lipinski definition) is 0. The van der Waals surface area contributed by atoms with E-state index in [4.69, 9.17) is 4.43 Å². The highest BCUT2D eigenvalue weighted by molar-refractivity contribution is 6.80. The molecule has 3 rings (SSSR count). The van der Waals surface area contributed by atoms with Gasteiger partial charge < -0.3 is 4.43 Å². The van der Waals surface area contributed by atoms with Crippen molar-refractivity contribution in [2.75, 3.05) is 0 Å². The van der Waals surface area contributed by atoms with Crippen LogP contribution in [0.4, 0.5) is 0 Å². The van der Waals surface area contributed by atoms with E-state index in [1.54, 1.807) is 0 Å². The van der Waals surface area contributed by atoms with Crippen molar-refractivity contribution in [2.45, 2.75) is 20.0 Å². The van der Waals surface area contributed by atoms with Crippen molar-refractivity contribution in [3.63, 3.8) is 0 Å². The molecule has 0 spiro atoms. The lowest BCUT2D eigenvalue weighted by Gasteiger charge is -2.28. The van der Waals surface area contributed by atoms with E-state index < -0.39 is 9.04 Å². The van der Waals surface area contributed by atoms with Crippen LogP contribution in [0.5, 0.6) is 0 Å². The molecule has 3 aromatic carbocycles. The maximum Gasteiger partial charge on any atom is 0.240 e. The van der Waals surface area contributed by atoms with Crippen LogP contribution in [0, 0.1) is 5.92 Å². The van der Waals surface area contributed by atoms with Gasteiger partial charge in [-0.05, 0) is 21.9 Å². The second-order valence-corrected chi connectivity index (χ2v) is 8.78. The predicted molar refractivity (Wildman–Crippen MR) is 104 cm³/mol. The zero-order valence-corrected chi connectivity index (χ0v) is 15.5. The van der Waals surface area contributed by atoms with Gasteiger partial charge in [-0.15, -0.1) is 0 Å². The second-order valence-electron chi connectivity index (χ2n) is 6.41. The van der Waals surface area contributed by atoms with Gasteiger partial charge in [-0.25, -0.2) is 0 Å². The average molecular weight is 333 g/mol. The van der Waals surface area contributed by atoms with Crippen LogP contribution in [-0.2, 0) is 4.43 Å². The zero-order chi connectivity index (χ0) is 16.8. The predicted octanol–water partition coefficient (Wildman–Crippen LogP) is 3.94. The lowest BCUT2D eigenvalue weighted by Crippen LogP contribution is -2.46. The number of rotatable bonds is 6. The summed E-state index contributed by atoms with van der Waals surface area (Å²) in [5.74, 6) is 0.426. The SMILES string of the molecule is CC(C)C(O[SiH](c1ccccc1)c1ccccc1)c1ccccc1. The Morgan fingerprint density at radius 3 is 1.46 bits per heavy atom. The van der Waals surface area contributed by atoms with Crippen molar-refractivity contribution in [1.82, 2.24) is 0 Å². The van der Waals surface area contributed by atoms with Gasteiger partial charge in [0.25, 0.3) is 0 Å². The highest BCUT2D eigenvalue weighted by atomic mass is 28.3. The summed E-state index contributed by atoms with van der Waals surface area (Å²) in [5.41, 5.74) is 1.26. The molecule has 24 heavy (non-hydrogen) atoms. The minimum atomic E-state index is -1.73. The quantitative estimate of drug-likeness (QED) is 0.621. The molecule has 2 heteroatoms. The first-order chi connectivity index (χ1) is 11.8. The fourth-order valence-corrected chi connectivity index (χ4v) is 5.62. The highest BCUT2D eigenvalue weighted by Crippen LogP contribution is 2.26. The zero-order valence-electron chi connectivity index (χ0n) is 14.3. The van der Waals surface area contributed by atoms with Crippen LogP contribution < -0.4 is 10.4 Å². The van der Waals surface area contributed by atoms with Crippen molar-refractivity contribution < 1.29 is 4.43 Å². The van der Waals surface area contributed by atoms with E-state index in [2.05, 4.69) is 105 Å². The summed E-state index contributed by atoms with van der Waals surface area (Å²) in [6, 6.07) is 31.9. The molecule has 0 aliphatic carbocycles. The summed E-state index contributed by atoms with van der Waals surface area (Å²) in [6.07, 6.45) is 0.114. The molecule has 0 bridgehead atoms. The summed E-state index contributed by atoms with van der Waals surface area (Å²) >= 11 is 0. The standard InChI is InChI=1S/C22H24OSi/c1-18(2)22(19-12-6-3-7-13-19)23-24(20-14-8-4-9-15-20)21-16-10-5-11-17-21/h3-18,22,24H,1-2H3. The highest BCUT2D eigenvalue weighted by Gasteiger charge is 2.25. The molecule has 0 heterocycles. The van der Waals surface area contributed by atoms with Crippen molar-refractivity contribution in [1.29, 1.82) is 0 Å². The van der Waals surface area contributed by atoms with Crippen LogP contribution in [0.15, 0.2) is 91.0 Å². The maximum atomic E-state index is 6.81. The molecule has 0 saturated carbocycles. The lowest BCUT2D eigenvalue weighted by molar-refractivity contribution is 0.159. The average Bonchev–Trinajstić information content (AvgIpc) is 2.64. The van der Waals surface area contributed by atoms with Crippen molar-refractivity contribution in [2.24, 2.45) is 5.92 Å². The molecule has 0 fully saturated rings. The number of hydrogen-bond acceptors (Lipinski definition) is 1. The van der Waals surface area contributed by atoms with Crippen LogP contribution in [0.1, 0.15) is 25.5 Å². The Morgan fingerprint density at radius 2 is 1.04 bits per heavy atom. The third-order valence-corrected chi connectivity index (χ3v) is 6.77. The van der Waals surface area contributed by atoms with Gasteiger partial charge in [0.15, 0.2) is 0 Å². The first kappa shape index (κ1) is 16.7. The molecular weight excluding hydrogens is 308 g/mol. The van der Waals surface area contributed by atoms with E-state index in [0.29, 0.717) is 5.92 Å². The van der Waals surface area contributed by atoms with Gasteiger partial charge >= 0.3 is 0 Å².